The molecule has 0 saturated heterocycles. The molecule has 1 atom stereocenters. The summed E-state index contributed by atoms with van der Waals surface area (Å²) in [6.07, 6.45) is 6.38. The molecule has 0 radical (unpaired) electrons. The number of aromatic amines is 1. The molecule has 1 aliphatic rings. The van der Waals surface area contributed by atoms with Crippen molar-refractivity contribution < 1.29 is 5.11 Å². The third kappa shape index (κ3) is 3.00. The number of nitrogens with one attached hydrogen (secondary N) is 1. The molecular formula is C19H21ClN2O. The third-order valence-electron chi connectivity index (χ3n) is 4.51. The van der Waals surface area contributed by atoms with Crippen molar-refractivity contribution in [2.45, 2.75) is 19.0 Å². The number of halogens is 1. The van der Waals surface area contributed by atoms with Gasteiger partial charge in [-0.2, -0.15) is 0 Å². The Balaban J connectivity index is 1.93. The quantitative estimate of drug-likeness (QED) is 0.819. The largest absolute Gasteiger partial charge is 0.394 e. The Morgan fingerprint density at radius 1 is 1.43 bits per heavy atom. The second-order valence-corrected chi connectivity index (χ2v) is 6.23. The van der Waals surface area contributed by atoms with Gasteiger partial charge in [-0.15, -0.1) is 0 Å². The van der Waals surface area contributed by atoms with Gasteiger partial charge < -0.3 is 10.1 Å². The summed E-state index contributed by atoms with van der Waals surface area (Å²) in [6.45, 7) is 9.32. The number of aliphatic hydroxyl groups is 1. The number of H-pyrrole nitrogens is 1. The second kappa shape index (κ2) is 6.75. The molecule has 3 nitrogen and oxygen atoms in total. The van der Waals surface area contributed by atoms with Crippen LogP contribution >= 0.6 is 11.6 Å². The molecule has 0 amide bonds. The summed E-state index contributed by atoms with van der Waals surface area (Å²) in [6, 6.07) is 5.89. The number of rotatable bonds is 5. The van der Waals surface area contributed by atoms with Crippen LogP contribution in [0, 0.1) is 0 Å². The highest BCUT2D eigenvalue weighted by molar-refractivity contribution is 6.31. The van der Waals surface area contributed by atoms with Crippen LogP contribution in [-0.2, 0) is 13.0 Å². The molecule has 1 aliphatic heterocycles. The van der Waals surface area contributed by atoms with E-state index in [0.29, 0.717) is 0 Å². The first-order valence-corrected chi connectivity index (χ1v) is 8.14. The number of hydrogen-bond donors (Lipinski definition) is 2. The Bertz CT molecular complexity index is 775. The van der Waals surface area contributed by atoms with E-state index in [-0.39, 0.29) is 12.6 Å². The van der Waals surface area contributed by atoms with Gasteiger partial charge in [-0.05, 0) is 35.8 Å². The van der Waals surface area contributed by atoms with E-state index in [9.17, 15) is 5.11 Å². The van der Waals surface area contributed by atoms with Crippen molar-refractivity contribution in [1.82, 2.24) is 9.88 Å². The molecule has 1 aromatic carbocycles. The average Bonchev–Trinajstić information content (AvgIpc) is 2.91. The highest BCUT2D eigenvalue weighted by atomic mass is 35.5. The van der Waals surface area contributed by atoms with E-state index in [1.165, 1.54) is 16.6 Å². The summed E-state index contributed by atoms with van der Waals surface area (Å²) in [5.74, 6) is 0. The van der Waals surface area contributed by atoms with Gasteiger partial charge in [0.25, 0.3) is 0 Å². The fourth-order valence-electron chi connectivity index (χ4n) is 3.38. The van der Waals surface area contributed by atoms with Gasteiger partial charge in [0.2, 0.25) is 0 Å². The minimum Gasteiger partial charge on any atom is -0.394 e. The molecule has 2 N–H and O–H groups in total. The van der Waals surface area contributed by atoms with Crippen LogP contribution in [0.15, 0.2) is 55.2 Å². The van der Waals surface area contributed by atoms with Crippen LogP contribution in [0.25, 0.3) is 10.9 Å². The van der Waals surface area contributed by atoms with E-state index in [0.717, 1.165) is 35.6 Å². The summed E-state index contributed by atoms with van der Waals surface area (Å²) < 4.78 is 0. The van der Waals surface area contributed by atoms with Crippen molar-refractivity contribution >= 4 is 22.5 Å². The number of allylic oxidation sites excluding steroid dienone is 2. The lowest BCUT2D eigenvalue weighted by atomic mass is 9.99. The summed E-state index contributed by atoms with van der Waals surface area (Å²) >= 11 is 6.13. The van der Waals surface area contributed by atoms with Gasteiger partial charge in [-0.25, -0.2) is 0 Å². The molecule has 2 aromatic rings. The Morgan fingerprint density at radius 2 is 2.26 bits per heavy atom. The first-order valence-electron chi connectivity index (χ1n) is 7.77. The average molecular weight is 329 g/mol. The number of hydrogen-bond acceptors (Lipinski definition) is 2. The molecule has 0 saturated carbocycles. The molecule has 1 aromatic heterocycles. The molecule has 0 bridgehead atoms. The predicted octanol–water partition coefficient (Wildman–Crippen LogP) is 3.84. The molecule has 2 heterocycles. The summed E-state index contributed by atoms with van der Waals surface area (Å²) in [5.41, 5.74) is 4.65. The predicted molar refractivity (Wildman–Crippen MR) is 96.8 cm³/mol. The first-order chi connectivity index (χ1) is 11.2. The molecule has 0 spiro atoms. The van der Waals surface area contributed by atoms with Crippen LogP contribution in [0.1, 0.15) is 11.3 Å². The lowest BCUT2D eigenvalue weighted by Gasteiger charge is -2.34. The zero-order valence-electron chi connectivity index (χ0n) is 13.1. The van der Waals surface area contributed by atoms with Gasteiger partial charge in [-0.1, -0.05) is 43.0 Å². The summed E-state index contributed by atoms with van der Waals surface area (Å²) in [7, 11) is 0. The number of aliphatic hydroxyl groups excluding tert-OH is 1. The van der Waals surface area contributed by atoms with E-state index in [4.69, 9.17) is 11.6 Å². The maximum Gasteiger partial charge on any atom is 0.0628 e. The van der Waals surface area contributed by atoms with Crippen LogP contribution in [0.5, 0.6) is 0 Å². The zero-order valence-corrected chi connectivity index (χ0v) is 13.8. The lowest BCUT2D eigenvalue weighted by molar-refractivity contribution is 0.134. The molecule has 4 heteroatoms. The van der Waals surface area contributed by atoms with Gasteiger partial charge in [0.15, 0.2) is 0 Å². The van der Waals surface area contributed by atoms with E-state index in [1.807, 2.05) is 24.3 Å². The maximum absolute atomic E-state index is 9.84. The van der Waals surface area contributed by atoms with Crippen LogP contribution in [0.4, 0.5) is 0 Å². The van der Waals surface area contributed by atoms with E-state index >= 15 is 0 Å². The highest BCUT2D eigenvalue weighted by Gasteiger charge is 2.26. The molecular weight excluding hydrogens is 308 g/mol. The monoisotopic (exact) mass is 328 g/mol. The number of nitrogens with zero attached hydrogens (tertiary/aromatic N) is 1. The van der Waals surface area contributed by atoms with Crippen molar-refractivity contribution in [3.05, 3.63) is 71.4 Å². The van der Waals surface area contributed by atoms with Crippen molar-refractivity contribution in [3.8, 4) is 0 Å². The van der Waals surface area contributed by atoms with Crippen LogP contribution in [0.2, 0.25) is 5.02 Å². The van der Waals surface area contributed by atoms with Crippen LogP contribution < -0.4 is 0 Å². The number of aromatic nitrogens is 1. The Kier molecular flexibility index (Phi) is 4.71. The van der Waals surface area contributed by atoms with Gasteiger partial charge in [0, 0.05) is 34.7 Å². The third-order valence-corrected chi connectivity index (χ3v) is 4.75. The van der Waals surface area contributed by atoms with Gasteiger partial charge in [-0.3, -0.25) is 4.90 Å². The van der Waals surface area contributed by atoms with Gasteiger partial charge >= 0.3 is 0 Å². The van der Waals surface area contributed by atoms with Crippen LogP contribution in [-0.4, -0.2) is 34.2 Å². The zero-order chi connectivity index (χ0) is 16.4. The van der Waals surface area contributed by atoms with Crippen molar-refractivity contribution in [2.75, 3.05) is 13.2 Å². The van der Waals surface area contributed by atoms with Crippen LogP contribution in [0.3, 0.4) is 0 Å². The fourth-order valence-corrected chi connectivity index (χ4v) is 3.55. The smallest absolute Gasteiger partial charge is 0.0628 e. The normalized spacial score (nSPS) is 17.0. The molecule has 0 fully saturated rings. The topological polar surface area (TPSA) is 39.3 Å². The molecule has 1 unspecified atom stereocenters. The van der Waals surface area contributed by atoms with E-state index < -0.39 is 0 Å². The summed E-state index contributed by atoms with van der Waals surface area (Å²) in [5, 5.41) is 11.8. The highest BCUT2D eigenvalue weighted by Crippen LogP contribution is 2.31. The standard InChI is InChI=1S/C19H21ClN2O/c1-3-5-13(4-2)19(12-23)22-9-8-15-16-10-14(20)6-7-17(16)21-18(15)11-22/h3-7,10,19,21,23H,1-2,8-9,11-12H2/b13-5+. The Labute approximate surface area is 141 Å². The second-order valence-electron chi connectivity index (χ2n) is 5.80. The number of benzene rings is 1. The van der Waals surface area contributed by atoms with Gasteiger partial charge in [0.05, 0.1) is 12.6 Å². The molecule has 0 aliphatic carbocycles. The molecule has 3 rings (SSSR count). The van der Waals surface area contributed by atoms with Crippen molar-refractivity contribution in [1.29, 1.82) is 0 Å². The SMILES string of the molecule is C=C/C=C(\C=C)C(CO)N1CCc2c([nH]c3ccc(Cl)cc23)C1. The van der Waals surface area contributed by atoms with Crippen molar-refractivity contribution in [2.24, 2.45) is 0 Å². The van der Waals surface area contributed by atoms with Crippen molar-refractivity contribution in [3.63, 3.8) is 0 Å². The molecule has 120 valence electrons. The van der Waals surface area contributed by atoms with E-state index in [1.54, 1.807) is 12.2 Å². The first kappa shape index (κ1) is 16.1. The minimum absolute atomic E-state index is 0.0614. The maximum atomic E-state index is 9.84. The van der Waals surface area contributed by atoms with Gasteiger partial charge in [0.1, 0.15) is 0 Å². The Morgan fingerprint density at radius 3 is 2.96 bits per heavy atom. The lowest BCUT2D eigenvalue weighted by Crippen LogP contribution is -2.42. The summed E-state index contributed by atoms with van der Waals surface area (Å²) in [4.78, 5) is 5.77. The molecule has 23 heavy (non-hydrogen) atoms. The number of fused-ring (bicyclic) bond motifs is 3. The minimum atomic E-state index is -0.0614. The Hall–Kier alpha value is -1.81. The fraction of sp³-hybridized carbons (Fsp3) is 0.263. The van der Waals surface area contributed by atoms with E-state index in [2.05, 4.69) is 23.0 Å².